The van der Waals surface area contributed by atoms with Gasteiger partial charge in [-0.1, -0.05) is 11.6 Å². The van der Waals surface area contributed by atoms with E-state index in [0.29, 0.717) is 0 Å². The largest absolute Gasteiger partial charge is 0.456 e. The number of nitriles is 1. The molecule has 0 bridgehead atoms. The van der Waals surface area contributed by atoms with Gasteiger partial charge in [-0.05, 0) is 38.1 Å². The minimum atomic E-state index is -0.559. The number of nitro benzene ring substituents is 1. The molecule has 25 heavy (non-hydrogen) atoms. The lowest BCUT2D eigenvalue weighted by molar-refractivity contribution is -0.384. The van der Waals surface area contributed by atoms with Crippen molar-refractivity contribution in [1.29, 1.82) is 5.26 Å². The number of halogens is 1. The zero-order chi connectivity index (χ0) is 18.6. The lowest BCUT2D eigenvalue weighted by Gasteiger charge is -2.06. The van der Waals surface area contributed by atoms with Crippen LogP contribution in [0, 0.1) is 21.4 Å². The molecule has 0 atom stereocenters. The number of carbonyl (C=O) groups is 1. The maximum Gasteiger partial charge on any atom is 0.281 e. The molecule has 1 aromatic carbocycles. The van der Waals surface area contributed by atoms with Crippen LogP contribution in [0.4, 0.5) is 5.69 Å². The molecular formula is C17H14ClN3O4. The van der Waals surface area contributed by atoms with E-state index in [0.717, 1.165) is 0 Å². The highest BCUT2D eigenvalue weighted by Crippen LogP contribution is 2.33. The van der Waals surface area contributed by atoms with E-state index in [4.69, 9.17) is 21.3 Å². The third kappa shape index (κ3) is 4.46. The van der Waals surface area contributed by atoms with E-state index < -0.39 is 10.8 Å². The van der Waals surface area contributed by atoms with Gasteiger partial charge in [0.1, 0.15) is 23.2 Å². The number of hydrogen-bond acceptors (Lipinski definition) is 5. The van der Waals surface area contributed by atoms with Gasteiger partial charge in [-0.3, -0.25) is 14.9 Å². The van der Waals surface area contributed by atoms with Gasteiger partial charge in [0.05, 0.1) is 10.5 Å². The maximum absolute atomic E-state index is 11.9. The molecule has 2 rings (SSSR count). The number of rotatable bonds is 5. The maximum atomic E-state index is 11.9. The summed E-state index contributed by atoms with van der Waals surface area (Å²) in [6.45, 7) is 3.55. The summed E-state index contributed by atoms with van der Waals surface area (Å²) < 4.78 is 5.53. The molecule has 1 heterocycles. The molecule has 0 aliphatic rings. The van der Waals surface area contributed by atoms with Crippen LogP contribution >= 0.6 is 11.6 Å². The molecule has 1 N–H and O–H groups in total. The Hall–Kier alpha value is -3.11. The molecule has 128 valence electrons. The second-order valence-electron chi connectivity index (χ2n) is 5.42. The number of hydrogen-bond donors (Lipinski definition) is 1. The van der Waals surface area contributed by atoms with Crippen molar-refractivity contribution in [3.63, 3.8) is 0 Å². The predicted molar refractivity (Wildman–Crippen MR) is 92.7 cm³/mol. The van der Waals surface area contributed by atoms with Crippen LogP contribution in [-0.2, 0) is 4.79 Å². The van der Waals surface area contributed by atoms with Crippen molar-refractivity contribution in [1.82, 2.24) is 5.32 Å². The zero-order valence-corrected chi connectivity index (χ0v) is 14.2. The van der Waals surface area contributed by atoms with Crippen molar-refractivity contribution in [2.75, 3.05) is 0 Å². The van der Waals surface area contributed by atoms with Gasteiger partial charge in [-0.15, -0.1) is 0 Å². The fourth-order valence-electron chi connectivity index (χ4n) is 2.07. The molecule has 8 heteroatoms. The molecule has 0 unspecified atom stereocenters. The first-order chi connectivity index (χ1) is 11.8. The molecule has 1 aromatic heterocycles. The Bertz CT molecular complexity index is 894. The van der Waals surface area contributed by atoms with Crippen LogP contribution in [0.1, 0.15) is 19.6 Å². The highest BCUT2D eigenvalue weighted by atomic mass is 35.5. The average molecular weight is 360 g/mol. The predicted octanol–water partition coefficient (Wildman–Crippen LogP) is 3.94. The van der Waals surface area contributed by atoms with Gasteiger partial charge in [0.25, 0.3) is 11.6 Å². The van der Waals surface area contributed by atoms with E-state index in [1.165, 1.54) is 36.4 Å². The Kier molecular flexibility index (Phi) is 5.57. The molecule has 0 saturated carbocycles. The van der Waals surface area contributed by atoms with Crippen LogP contribution < -0.4 is 5.32 Å². The molecule has 0 aliphatic heterocycles. The summed E-state index contributed by atoms with van der Waals surface area (Å²) in [5, 5.41) is 23.1. The highest BCUT2D eigenvalue weighted by Gasteiger charge is 2.19. The van der Waals surface area contributed by atoms with Gasteiger partial charge in [-0.25, -0.2) is 0 Å². The number of nitrogens with one attached hydrogen (secondary N) is 1. The van der Waals surface area contributed by atoms with Gasteiger partial charge >= 0.3 is 0 Å². The fraction of sp³-hybridized carbons (Fsp3) is 0.176. The minimum Gasteiger partial charge on any atom is -0.456 e. The lowest BCUT2D eigenvalue weighted by Crippen LogP contribution is -2.30. The van der Waals surface area contributed by atoms with Crippen LogP contribution in [0.3, 0.4) is 0 Å². The quantitative estimate of drug-likeness (QED) is 0.376. The smallest absolute Gasteiger partial charge is 0.281 e. The first kappa shape index (κ1) is 18.2. The number of benzene rings is 1. The summed E-state index contributed by atoms with van der Waals surface area (Å²) in [4.78, 5) is 22.5. The summed E-state index contributed by atoms with van der Waals surface area (Å²) in [5.41, 5.74) is -0.0742. The van der Waals surface area contributed by atoms with E-state index in [1.807, 2.05) is 0 Å². The van der Waals surface area contributed by atoms with Crippen molar-refractivity contribution < 1.29 is 14.1 Å². The Morgan fingerprint density at radius 3 is 2.72 bits per heavy atom. The van der Waals surface area contributed by atoms with Crippen molar-refractivity contribution in [3.05, 3.63) is 56.8 Å². The summed E-state index contributed by atoms with van der Waals surface area (Å²) in [6.07, 6.45) is 1.28. The van der Waals surface area contributed by atoms with Gasteiger partial charge in [-0.2, -0.15) is 5.26 Å². The van der Waals surface area contributed by atoms with Crippen molar-refractivity contribution in [2.24, 2.45) is 0 Å². The normalized spacial score (nSPS) is 11.2. The zero-order valence-electron chi connectivity index (χ0n) is 13.4. The molecular weight excluding hydrogens is 346 g/mol. The van der Waals surface area contributed by atoms with E-state index >= 15 is 0 Å². The lowest BCUT2D eigenvalue weighted by atomic mass is 10.1. The molecule has 0 radical (unpaired) electrons. The van der Waals surface area contributed by atoms with Crippen LogP contribution in [-0.4, -0.2) is 16.9 Å². The van der Waals surface area contributed by atoms with Crippen LogP contribution in [0.2, 0.25) is 5.02 Å². The van der Waals surface area contributed by atoms with E-state index in [9.17, 15) is 14.9 Å². The first-order valence-electron chi connectivity index (χ1n) is 7.28. The number of furan rings is 1. The third-order valence-corrected chi connectivity index (χ3v) is 3.36. The monoisotopic (exact) mass is 359 g/mol. The molecule has 2 aromatic rings. The van der Waals surface area contributed by atoms with Crippen molar-refractivity contribution in [2.45, 2.75) is 19.9 Å². The minimum absolute atomic E-state index is 0.117. The van der Waals surface area contributed by atoms with Gasteiger partial charge < -0.3 is 9.73 Å². The van der Waals surface area contributed by atoms with E-state index in [1.54, 1.807) is 19.9 Å². The van der Waals surface area contributed by atoms with Crippen LogP contribution in [0.15, 0.2) is 40.3 Å². The standard InChI is InChI=1S/C17H14ClN3O4/c1-10(2)20-17(22)11(9-19)7-13-4-6-16(25-13)14-5-3-12(18)8-15(14)21(23)24/h3-8,10H,1-2H3,(H,20,22)/b11-7+. The molecule has 7 nitrogen and oxygen atoms in total. The Labute approximate surface area is 148 Å². The summed E-state index contributed by atoms with van der Waals surface area (Å²) in [6, 6.07) is 8.95. The highest BCUT2D eigenvalue weighted by molar-refractivity contribution is 6.30. The summed E-state index contributed by atoms with van der Waals surface area (Å²) in [5.74, 6) is -0.0567. The fourth-order valence-corrected chi connectivity index (χ4v) is 2.24. The van der Waals surface area contributed by atoms with Gasteiger partial charge in [0, 0.05) is 23.2 Å². The average Bonchev–Trinajstić information content (AvgIpc) is 3.00. The van der Waals surface area contributed by atoms with Gasteiger partial charge in [0.15, 0.2) is 0 Å². The van der Waals surface area contributed by atoms with Crippen LogP contribution in [0.25, 0.3) is 17.4 Å². The molecule has 1 amide bonds. The third-order valence-electron chi connectivity index (χ3n) is 3.12. The molecule has 0 fully saturated rings. The van der Waals surface area contributed by atoms with Crippen molar-refractivity contribution in [3.8, 4) is 17.4 Å². The summed E-state index contributed by atoms with van der Waals surface area (Å²) >= 11 is 5.79. The summed E-state index contributed by atoms with van der Waals surface area (Å²) in [7, 11) is 0. The molecule has 0 spiro atoms. The number of carbonyl (C=O) groups excluding carboxylic acids is 1. The van der Waals surface area contributed by atoms with Crippen LogP contribution in [0.5, 0.6) is 0 Å². The van der Waals surface area contributed by atoms with E-state index in [-0.39, 0.29) is 39.4 Å². The number of nitrogens with zero attached hydrogens (tertiary/aromatic N) is 2. The Morgan fingerprint density at radius 1 is 1.40 bits per heavy atom. The topological polar surface area (TPSA) is 109 Å². The second kappa shape index (κ2) is 7.64. The first-order valence-corrected chi connectivity index (χ1v) is 7.66. The number of nitro groups is 1. The molecule has 0 aliphatic carbocycles. The van der Waals surface area contributed by atoms with Gasteiger partial charge in [0.2, 0.25) is 0 Å². The Morgan fingerprint density at radius 2 is 2.12 bits per heavy atom. The second-order valence-corrected chi connectivity index (χ2v) is 5.86. The van der Waals surface area contributed by atoms with E-state index in [2.05, 4.69) is 5.32 Å². The Balaban J connectivity index is 2.38. The molecule has 0 saturated heterocycles. The SMILES string of the molecule is CC(C)NC(=O)/C(C#N)=C/c1ccc(-c2ccc(Cl)cc2[N+](=O)[O-])o1. The van der Waals surface area contributed by atoms with Crippen molar-refractivity contribution >= 4 is 29.3 Å². The number of amides is 1.